The number of aliphatic hydroxyl groups is 2. The van der Waals surface area contributed by atoms with E-state index >= 15 is 0 Å². The van der Waals surface area contributed by atoms with Gasteiger partial charge in [0.2, 0.25) is 5.91 Å². The molecule has 5 N–H and O–H groups in total. The highest BCUT2D eigenvalue weighted by Crippen LogP contribution is 2.62. The summed E-state index contributed by atoms with van der Waals surface area (Å²) in [4.78, 5) is 68.9. The lowest BCUT2D eigenvalue weighted by Crippen LogP contribution is -2.77. The van der Waals surface area contributed by atoms with Crippen LogP contribution in [0.25, 0.3) is 0 Å². The van der Waals surface area contributed by atoms with E-state index < -0.39 is 76.4 Å². The maximum Gasteiger partial charge on any atom is 0.235 e. The summed E-state index contributed by atoms with van der Waals surface area (Å²) in [6.45, 7) is 1.75. The van der Waals surface area contributed by atoms with Gasteiger partial charge in [0.05, 0.1) is 29.5 Å². The standard InChI is InChI=1S/C32H38N2O8/c1-11-16-4-5-17(19-14-7-12-6-13(9-14)10-15(19)8-12)25(35)20(16)26(36)21-18(11)27(37)23-24(34(2)3)28(38)22(31(33)41)30(40)32(23,42)29(21)39/h4-5,11-15,18-19,21-24,27,35,37,42H,6-10H2,1-3H3,(H2,33,41)/t11-,12?,13?,14?,15?,18+,19?,21?,22?,23+,24-,27-,32-/m1/s1. The number of rotatable bonds is 3. The number of amides is 1. The number of hydrogen-bond donors (Lipinski definition) is 4. The first-order chi connectivity index (χ1) is 19.8. The zero-order chi connectivity index (χ0) is 30.2. The maximum absolute atomic E-state index is 14.2. The molecule has 1 aromatic rings. The van der Waals surface area contributed by atoms with Gasteiger partial charge < -0.3 is 21.1 Å². The third-order valence-corrected chi connectivity index (χ3v) is 12.1. The first-order valence-electron chi connectivity index (χ1n) is 15.2. The minimum Gasteiger partial charge on any atom is -0.507 e. The van der Waals surface area contributed by atoms with E-state index in [0.29, 0.717) is 23.0 Å². The number of aromatic hydroxyl groups is 1. The largest absolute Gasteiger partial charge is 0.507 e. The van der Waals surface area contributed by atoms with Crippen LogP contribution in [0.5, 0.6) is 5.75 Å². The normalized spacial score (nSPS) is 45.6. The fraction of sp³-hybridized carbons (Fsp3) is 0.656. The maximum atomic E-state index is 14.2. The Morgan fingerprint density at radius 1 is 0.952 bits per heavy atom. The van der Waals surface area contributed by atoms with Crippen LogP contribution >= 0.6 is 0 Å². The zero-order valence-electron chi connectivity index (χ0n) is 24.0. The molecule has 10 heteroatoms. The lowest BCUT2D eigenvalue weighted by atomic mass is 9.49. The van der Waals surface area contributed by atoms with Crippen molar-refractivity contribution in [3.05, 3.63) is 28.8 Å². The Bertz CT molecular complexity index is 1420. The number of phenols is 1. The van der Waals surface area contributed by atoms with Gasteiger partial charge in [-0.1, -0.05) is 19.1 Å². The molecule has 0 spiro atoms. The van der Waals surface area contributed by atoms with Crippen molar-refractivity contribution in [3.63, 3.8) is 0 Å². The van der Waals surface area contributed by atoms with Crippen molar-refractivity contribution < 1.29 is 39.3 Å². The molecule has 7 aliphatic carbocycles. The Morgan fingerprint density at radius 2 is 1.52 bits per heavy atom. The lowest BCUT2D eigenvalue weighted by molar-refractivity contribution is -0.196. The summed E-state index contributed by atoms with van der Waals surface area (Å²) in [7, 11) is 2.96. The monoisotopic (exact) mass is 578 g/mol. The van der Waals surface area contributed by atoms with Gasteiger partial charge in [-0.05, 0) is 92.8 Å². The molecule has 224 valence electrons. The predicted molar refractivity (Wildman–Crippen MR) is 147 cm³/mol. The van der Waals surface area contributed by atoms with Gasteiger partial charge in [-0.3, -0.25) is 28.9 Å². The Balaban J connectivity index is 1.34. The fourth-order valence-corrected chi connectivity index (χ4v) is 10.7. The quantitative estimate of drug-likeness (QED) is 0.380. The minimum atomic E-state index is -2.98. The molecule has 8 atom stereocenters. The first kappa shape index (κ1) is 27.9. The van der Waals surface area contributed by atoms with E-state index in [1.54, 1.807) is 6.92 Å². The van der Waals surface area contributed by atoms with E-state index in [1.807, 2.05) is 12.1 Å². The average Bonchev–Trinajstić information content (AvgIpc) is 2.90. The number of likely N-dealkylation sites (N-methyl/N-ethyl adjacent to an activating group) is 1. The summed E-state index contributed by atoms with van der Waals surface area (Å²) in [5, 5.41) is 35.3. The molecule has 8 rings (SSSR count). The van der Waals surface area contributed by atoms with Crippen molar-refractivity contribution in [1.82, 2.24) is 4.90 Å². The summed E-state index contributed by atoms with van der Waals surface area (Å²) in [5.74, 6) is -10.3. The number of carbonyl (C=O) groups excluding carboxylic acids is 5. The van der Waals surface area contributed by atoms with Crippen molar-refractivity contribution in [2.24, 2.45) is 53.1 Å². The number of nitrogens with two attached hydrogens (primary N) is 1. The molecule has 1 amide bonds. The molecule has 0 aliphatic heterocycles. The molecule has 0 saturated heterocycles. The van der Waals surface area contributed by atoms with Gasteiger partial charge in [0.15, 0.2) is 34.7 Å². The summed E-state index contributed by atoms with van der Waals surface area (Å²) >= 11 is 0. The zero-order valence-corrected chi connectivity index (χ0v) is 24.0. The average molecular weight is 579 g/mol. The van der Waals surface area contributed by atoms with Crippen LogP contribution in [0, 0.1) is 47.3 Å². The van der Waals surface area contributed by atoms with E-state index in [1.165, 1.54) is 25.4 Å². The van der Waals surface area contributed by atoms with Crippen molar-refractivity contribution >= 4 is 29.0 Å². The molecule has 0 heterocycles. The summed E-state index contributed by atoms with van der Waals surface area (Å²) in [6.07, 6.45) is 4.09. The van der Waals surface area contributed by atoms with Crippen molar-refractivity contribution in [2.75, 3.05) is 14.1 Å². The SMILES string of the molecule is C[C@@H]1c2ccc(C3C4CC5CC(C4)CC3C5)c(O)c2C(=O)C2C(=O)[C@@]3(O)C(=O)C(C(N)=O)C(=O)[C@H](N(C)C)[C@H]3[C@H](O)[C@H]21. The number of ketones is 4. The van der Waals surface area contributed by atoms with Crippen molar-refractivity contribution in [2.45, 2.75) is 68.6 Å². The molecule has 6 saturated carbocycles. The second kappa shape index (κ2) is 9.03. The van der Waals surface area contributed by atoms with Crippen LogP contribution in [0.2, 0.25) is 0 Å². The van der Waals surface area contributed by atoms with Crippen LogP contribution in [0.4, 0.5) is 0 Å². The molecule has 4 bridgehead atoms. The lowest BCUT2D eigenvalue weighted by Gasteiger charge is -2.56. The van der Waals surface area contributed by atoms with Crippen molar-refractivity contribution in [1.29, 1.82) is 0 Å². The molecule has 0 aromatic heterocycles. The smallest absolute Gasteiger partial charge is 0.235 e. The molecule has 10 nitrogen and oxygen atoms in total. The van der Waals surface area contributed by atoms with E-state index in [2.05, 4.69) is 0 Å². The summed E-state index contributed by atoms with van der Waals surface area (Å²) in [6, 6.07) is 2.34. The molecule has 1 aromatic carbocycles. The topological polar surface area (TPSA) is 175 Å². The minimum absolute atomic E-state index is 0.00704. The van der Waals surface area contributed by atoms with Gasteiger partial charge in [0.25, 0.3) is 0 Å². The van der Waals surface area contributed by atoms with Gasteiger partial charge in [-0.15, -0.1) is 0 Å². The van der Waals surface area contributed by atoms with E-state index in [4.69, 9.17) is 5.73 Å². The molecule has 0 radical (unpaired) electrons. The second-order valence-electron chi connectivity index (χ2n) is 14.3. The van der Waals surface area contributed by atoms with Crippen LogP contribution in [0.3, 0.4) is 0 Å². The van der Waals surface area contributed by atoms with Gasteiger partial charge in [-0.2, -0.15) is 0 Å². The predicted octanol–water partition coefficient (Wildman–Crippen LogP) is 0.939. The van der Waals surface area contributed by atoms with E-state index in [0.717, 1.165) is 37.5 Å². The third kappa shape index (κ3) is 3.34. The van der Waals surface area contributed by atoms with E-state index in [9.17, 15) is 39.3 Å². The Morgan fingerprint density at radius 3 is 2.07 bits per heavy atom. The fourth-order valence-electron chi connectivity index (χ4n) is 10.7. The van der Waals surface area contributed by atoms with Gasteiger partial charge in [0, 0.05) is 5.92 Å². The van der Waals surface area contributed by atoms with Crippen LogP contribution in [0.1, 0.15) is 72.3 Å². The first-order valence-corrected chi connectivity index (χ1v) is 15.2. The van der Waals surface area contributed by atoms with Crippen LogP contribution < -0.4 is 5.73 Å². The number of aliphatic hydroxyl groups excluding tert-OH is 1. The number of nitrogens with zero attached hydrogens (tertiary/aromatic N) is 1. The Kier molecular flexibility index (Phi) is 5.99. The Hall–Kier alpha value is -2.95. The highest BCUT2D eigenvalue weighted by Gasteiger charge is 2.73. The molecule has 6 fully saturated rings. The Labute approximate surface area is 243 Å². The number of primary amides is 1. The highest BCUT2D eigenvalue weighted by atomic mass is 16.3. The van der Waals surface area contributed by atoms with Crippen LogP contribution in [-0.2, 0) is 19.2 Å². The van der Waals surface area contributed by atoms with Gasteiger partial charge in [-0.25, -0.2) is 0 Å². The number of fused-ring (bicyclic) bond motifs is 3. The molecule has 2 unspecified atom stereocenters. The number of Topliss-reactive ketones (excluding diaryl/α,β-unsaturated/α-hetero) is 4. The molecule has 7 aliphatic rings. The third-order valence-electron chi connectivity index (χ3n) is 12.1. The molecular formula is C32H38N2O8. The number of benzene rings is 1. The van der Waals surface area contributed by atoms with Gasteiger partial charge >= 0.3 is 0 Å². The number of carbonyl (C=O) groups is 5. The van der Waals surface area contributed by atoms with E-state index in [-0.39, 0.29) is 17.2 Å². The molecule has 42 heavy (non-hydrogen) atoms. The van der Waals surface area contributed by atoms with Gasteiger partial charge in [0.1, 0.15) is 5.75 Å². The highest BCUT2D eigenvalue weighted by molar-refractivity contribution is 6.32. The second-order valence-corrected chi connectivity index (χ2v) is 14.3. The van der Waals surface area contributed by atoms with Crippen molar-refractivity contribution in [3.8, 4) is 5.75 Å². The number of hydrogen-bond acceptors (Lipinski definition) is 9. The van der Waals surface area contributed by atoms with Crippen LogP contribution in [-0.4, -0.2) is 81.1 Å². The molecular weight excluding hydrogens is 540 g/mol. The summed E-state index contributed by atoms with van der Waals surface area (Å²) in [5.41, 5.74) is 3.62. The summed E-state index contributed by atoms with van der Waals surface area (Å²) < 4.78 is 0. The van der Waals surface area contributed by atoms with Crippen LogP contribution in [0.15, 0.2) is 12.1 Å². The number of phenolic OH excluding ortho intramolecular Hbond substituents is 1.